The van der Waals surface area contributed by atoms with Crippen molar-refractivity contribution in [3.63, 3.8) is 0 Å². The predicted molar refractivity (Wildman–Crippen MR) is 53.8 cm³/mol. The Morgan fingerprint density at radius 1 is 1.50 bits per heavy atom. The highest BCUT2D eigenvalue weighted by atomic mass is 19.1. The minimum Gasteiger partial charge on any atom is -0.316 e. The molecule has 74 valence electrons. The Morgan fingerprint density at radius 3 is 2.93 bits per heavy atom. The molecule has 0 aromatic heterocycles. The summed E-state index contributed by atoms with van der Waals surface area (Å²) in [6.07, 6.45) is 1.28. The maximum Gasteiger partial charge on any atom is 0.123 e. The van der Waals surface area contributed by atoms with Gasteiger partial charge in [-0.15, -0.1) is 0 Å². The van der Waals surface area contributed by atoms with Crippen LogP contribution in [0.5, 0.6) is 0 Å². The van der Waals surface area contributed by atoms with Crippen LogP contribution in [0.15, 0.2) is 18.2 Å². The highest BCUT2D eigenvalue weighted by Crippen LogP contribution is 2.57. The van der Waals surface area contributed by atoms with Crippen LogP contribution in [0, 0.1) is 18.7 Å². The van der Waals surface area contributed by atoms with Gasteiger partial charge in [-0.1, -0.05) is 6.07 Å². The Balaban J connectivity index is 2.05. The van der Waals surface area contributed by atoms with Crippen LogP contribution >= 0.6 is 0 Å². The summed E-state index contributed by atoms with van der Waals surface area (Å²) in [6, 6.07) is 5.21. The van der Waals surface area contributed by atoms with Crippen molar-refractivity contribution in [2.24, 2.45) is 5.92 Å². The third-order valence-corrected chi connectivity index (χ3v) is 3.79. The Bertz CT molecular complexity index is 388. The monoisotopic (exact) mass is 191 g/mol. The van der Waals surface area contributed by atoms with E-state index < -0.39 is 0 Å². The molecule has 14 heavy (non-hydrogen) atoms. The second-order valence-corrected chi connectivity index (χ2v) is 4.65. The van der Waals surface area contributed by atoms with Crippen molar-refractivity contribution in [1.29, 1.82) is 0 Å². The van der Waals surface area contributed by atoms with Crippen molar-refractivity contribution >= 4 is 0 Å². The van der Waals surface area contributed by atoms with Crippen LogP contribution in [0.2, 0.25) is 0 Å². The largest absolute Gasteiger partial charge is 0.316 e. The van der Waals surface area contributed by atoms with Crippen LogP contribution in [0.4, 0.5) is 4.39 Å². The van der Waals surface area contributed by atoms with Gasteiger partial charge in [0.05, 0.1) is 0 Å². The first-order valence-electron chi connectivity index (χ1n) is 5.20. The molecule has 2 fully saturated rings. The second-order valence-electron chi connectivity index (χ2n) is 4.65. The van der Waals surface area contributed by atoms with Crippen molar-refractivity contribution in [3.8, 4) is 0 Å². The number of rotatable bonds is 1. The third kappa shape index (κ3) is 0.976. The van der Waals surface area contributed by atoms with E-state index in [2.05, 4.69) is 5.32 Å². The average Bonchev–Trinajstić information content (AvgIpc) is 2.69. The molecule has 1 aromatic rings. The first kappa shape index (κ1) is 8.42. The molecule has 0 radical (unpaired) electrons. The molecule has 1 aromatic carbocycles. The van der Waals surface area contributed by atoms with Crippen LogP contribution < -0.4 is 5.32 Å². The zero-order valence-electron chi connectivity index (χ0n) is 8.31. The SMILES string of the molecule is Cc1cc(F)ccc1C12CNCC1C2. The van der Waals surface area contributed by atoms with Gasteiger partial charge in [0.1, 0.15) is 5.82 Å². The summed E-state index contributed by atoms with van der Waals surface area (Å²) in [4.78, 5) is 0. The lowest BCUT2D eigenvalue weighted by molar-refractivity contribution is 0.619. The molecule has 1 saturated heterocycles. The summed E-state index contributed by atoms with van der Waals surface area (Å²) in [5.74, 6) is 0.678. The Hall–Kier alpha value is -0.890. The zero-order chi connectivity index (χ0) is 9.76. The van der Waals surface area contributed by atoms with Crippen molar-refractivity contribution < 1.29 is 4.39 Å². The number of fused-ring (bicyclic) bond motifs is 1. The van der Waals surface area contributed by atoms with Crippen LogP contribution in [-0.2, 0) is 5.41 Å². The van der Waals surface area contributed by atoms with Crippen LogP contribution in [0.25, 0.3) is 0 Å². The van der Waals surface area contributed by atoms with E-state index in [1.807, 2.05) is 13.0 Å². The van der Waals surface area contributed by atoms with Crippen LogP contribution in [0.1, 0.15) is 17.5 Å². The number of aryl methyl sites for hydroxylation is 1. The quantitative estimate of drug-likeness (QED) is 0.716. The van der Waals surface area contributed by atoms with Gasteiger partial charge < -0.3 is 5.32 Å². The number of nitrogens with one attached hydrogen (secondary N) is 1. The lowest BCUT2D eigenvalue weighted by Crippen LogP contribution is -2.20. The number of hydrogen-bond acceptors (Lipinski definition) is 1. The fourth-order valence-corrected chi connectivity index (χ4v) is 2.95. The second kappa shape index (κ2) is 2.57. The zero-order valence-corrected chi connectivity index (χ0v) is 8.31. The summed E-state index contributed by atoms with van der Waals surface area (Å²) < 4.78 is 13.0. The molecule has 0 amide bonds. The highest BCUT2D eigenvalue weighted by molar-refractivity contribution is 5.42. The number of piperidine rings is 1. The molecule has 2 atom stereocenters. The normalized spacial score (nSPS) is 34.3. The minimum atomic E-state index is -0.120. The van der Waals surface area contributed by atoms with Crippen molar-refractivity contribution in [2.75, 3.05) is 13.1 Å². The average molecular weight is 191 g/mol. The van der Waals surface area contributed by atoms with E-state index in [4.69, 9.17) is 0 Å². The summed E-state index contributed by atoms with van der Waals surface area (Å²) in [5.41, 5.74) is 2.82. The first-order chi connectivity index (χ1) is 6.72. The van der Waals surface area contributed by atoms with Gasteiger partial charge in [-0.2, -0.15) is 0 Å². The van der Waals surface area contributed by atoms with Gasteiger partial charge in [0.2, 0.25) is 0 Å². The van der Waals surface area contributed by atoms with E-state index in [-0.39, 0.29) is 5.82 Å². The summed E-state index contributed by atoms with van der Waals surface area (Å²) >= 11 is 0. The smallest absolute Gasteiger partial charge is 0.123 e. The van der Waals surface area contributed by atoms with Crippen molar-refractivity contribution in [1.82, 2.24) is 5.32 Å². The Labute approximate surface area is 83.3 Å². The lowest BCUT2D eigenvalue weighted by atomic mass is 9.91. The van der Waals surface area contributed by atoms with E-state index in [0.717, 1.165) is 24.6 Å². The molecule has 2 heteroatoms. The minimum absolute atomic E-state index is 0.120. The molecule has 2 unspecified atom stereocenters. The molecule has 1 saturated carbocycles. The van der Waals surface area contributed by atoms with Gasteiger partial charge in [-0.3, -0.25) is 0 Å². The Kier molecular flexibility index (Phi) is 1.55. The summed E-state index contributed by atoms with van der Waals surface area (Å²) in [7, 11) is 0. The van der Waals surface area contributed by atoms with Gasteiger partial charge in [-0.05, 0) is 49.1 Å². The number of hydrogen-bond donors (Lipinski definition) is 1. The van der Waals surface area contributed by atoms with Crippen LogP contribution in [-0.4, -0.2) is 13.1 Å². The van der Waals surface area contributed by atoms with E-state index in [1.165, 1.54) is 12.0 Å². The van der Waals surface area contributed by atoms with Crippen LogP contribution in [0.3, 0.4) is 0 Å². The maximum atomic E-state index is 13.0. The topological polar surface area (TPSA) is 12.0 Å². The molecule has 1 N–H and O–H groups in total. The van der Waals surface area contributed by atoms with E-state index in [9.17, 15) is 4.39 Å². The van der Waals surface area contributed by atoms with Gasteiger partial charge in [0.15, 0.2) is 0 Å². The third-order valence-electron chi connectivity index (χ3n) is 3.79. The molecule has 1 nitrogen and oxygen atoms in total. The number of benzene rings is 1. The molecule has 1 aliphatic heterocycles. The van der Waals surface area contributed by atoms with Gasteiger partial charge in [0, 0.05) is 12.0 Å². The van der Waals surface area contributed by atoms with Gasteiger partial charge in [-0.25, -0.2) is 4.39 Å². The van der Waals surface area contributed by atoms with Gasteiger partial charge in [0.25, 0.3) is 0 Å². The molecular weight excluding hydrogens is 177 g/mol. The molecule has 0 spiro atoms. The van der Waals surface area contributed by atoms with Crippen molar-refractivity contribution in [2.45, 2.75) is 18.8 Å². The number of halogens is 1. The molecular formula is C12H14FN. The van der Waals surface area contributed by atoms with E-state index >= 15 is 0 Å². The molecule has 3 rings (SSSR count). The molecule has 1 heterocycles. The fourth-order valence-electron chi connectivity index (χ4n) is 2.95. The first-order valence-corrected chi connectivity index (χ1v) is 5.20. The standard InChI is InChI=1S/C12H14FN/c1-8-4-10(13)2-3-11(8)12-5-9(12)6-14-7-12/h2-4,9,14H,5-7H2,1H3. The fraction of sp³-hybridized carbons (Fsp3) is 0.500. The summed E-state index contributed by atoms with van der Waals surface area (Å²) in [6.45, 7) is 4.22. The molecule has 0 bridgehead atoms. The predicted octanol–water partition coefficient (Wildman–Crippen LogP) is 2.00. The lowest BCUT2D eigenvalue weighted by Gasteiger charge is -2.15. The highest BCUT2D eigenvalue weighted by Gasteiger charge is 2.58. The Morgan fingerprint density at radius 2 is 2.36 bits per heavy atom. The van der Waals surface area contributed by atoms with Gasteiger partial charge >= 0.3 is 0 Å². The molecule has 1 aliphatic carbocycles. The van der Waals surface area contributed by atoms with E-state index in [1.54, 1.807) is 12.1 Å². The maximum absolute atomic E-state index is 13.0. The van der Waals surface area contributed by atoms with Crippen molar-refractivity contribution in [3.05, 3.63) is 35.1 Å². The summed E-state index contributed by atoms with van der Waals surface area (Å²) in [5, 5.41) is 3.41. The van der Waals surface area contributed by atoms with E-state index in [0.29, 0.717) is 5.41 Å². The molecule has 2 aliphatic rings.